The van der Waals surface area contributed by atoms with Crippen LogP contribution in [0.25, 0.3) is 5.65 Å². The Hall–Kier alpha value is -2.61. The fourth-order valence-corrected chi connectivity index (χ4v) is 4.88. The van der Waals surface area contributed by atoms with Crippen molar-refractivity contribution in [2.24, 2.45) is 0 Å². The largest absolute Gasteiger partial charge is 0.396 e. The summed E-state index contributed by atoms with van der Waals surface area (Å²) < 4.78 is 1.89. The molecule has 2 aromatic heterocycles. The number of aromatic nitrogens is 3. The van der Waals surface area contributed by atoms with E-state index in [1.54, 1.807) is 0 Å². The van der Waals surface area contributed by atoms with Crippen molar-refractivity contribution in [3.05, 3.63) is 30.5 Å². The van der Waals surface area contributed by atoms with Crippen LogP contribution in [0.15, 0.2) is 24.9 Å². The lowest BCUT2D eigenvalue weighted by atomic mass is 9.99. The fraction of sp³-hybridized carbons (Fsp3) is 0.609. The van der Waals surface area contributed by atoms with Crippen LogP contribution in [0.1, 0.15) is 51.0 Å². The number of anilines is 2. The number of rotatable bonds is 7. The van der Waals surface area contributed by atoms with E-state index in [9.17, 15) is 9.90 Å². The maximum atomic E-state index is 12.1. The topological polar surface area (TPSA) is 86.0 Å². The normalized spacial score (nSPS) is 22.0. The van der Waals surface area contributed by atoms with Gasteiger partial charge >= 0.3 is 0 Å². The molecule has 4 rings (SSSR count). The highest BCUT2D eigenvalue weighted by Crippen LogP contribution is 2.29. The Morgan fingerprint density at radius 2 is 2.19 bits per heavy atom. The first kappa shape index (κ1) is 21.6. The summed E-state index contributed by atoms with van der Waals surface area (Å²) in [6, 6.07) is 2.55. The van der Waals surface area contributed by atoms with Crippen LogP contribution >= 0.6 is 0 Å². The molecule has 31 heavy (non-hydrogen) atoms. The quantitative estimate of drug-likeness (QED) is 0.662. The van der Waals surface area contributed by atoms with Gasteiger partial charge in [-0.15, -0.1) is 0 Å². The van der Waals surface area contributed by atoms with Crippen molar-refractivity contribution >= 4 is 23.2 Å². The number of hydrogen-bond acceptors (Lipinski definition) is 6. The van der Waals surface area contributed by atoms with Crippen LogP contribution in [0, 0.1) is 0 Å². The molecular formula is C23H34N6O2. The third kappa shape index (κ3) is 4.54. The molecule has 2 atom stereocenters. The Bertz CT molecular complexity index is 924. The fourth-order valence-electron chi connectivity index (χ4n) is 4.88. The molecule has 8 heteroatoms. The van der Waals surface area contributed by atoms with Crippen molar-refractivity contribution in [1.29, 1.82) is 0 Å². The van der Waals surface area contributed by atoms with Crippen LogP contribution in [-0.4, -0.2) is 68.8 Å². The van der Waals surface area contributed by atoms with Crippen LogP contribution in [0.2, 0.25) is 0 Å². The van der Waals surface area contributed by atoms with Crippen LogP contribution in [0.4, 0.5) is 11.6 Å². The van der Waals surface area contributed by atoms with Crippen molar-refractivity contribution in [1.82, 2.24) is 19.5 Å². The van der Waals surface area contributed by atoms with Crippen molar-refractivity contribution in [2.75, 3.05) is 36.5 Å². The highest BCUT2D eigenvalue weighted by atomic mass is 16.3. The van der Waals surface area contributed by atoms with Gasteiger partial charge in [0.2, 0.25) is 5.91 Å². The second kappa shape index (κ2) is 9.68. The van der Waals surface area contributed by atoms with Gasteiger partial charge in [0.05, 0.1) is 6.20 Å². The van der Waals surface area contributed by atoms with Crippen LogP contribution in [0.3, 0.4) is 0 Å². The predicted octanol–water partition coefficient (Wildman–Crippen LogP) is 2.62. The average Bonchev–Trinajstić information content (AvgIpc) is 3.22. The molecule has 0 aliphatic carbocycles. The van der Waals surface area contributed by atoms with E-state index in [-0.39, 0.29) is 18.6 Å². The van der Waals surface area contributed by atoms with Gasteiger partial charge in [-0.05, 0) is 51.0 Å². The van der Waals surface area contributed by atoms with E-state index >= 15 is 0 Å². The molecule has 0 bridgehead atoms. The molecule has 0 radical (unpaired) electrons. The maximum absolute atomic E-state index is 12.1. The number of carbonyl (C=O) groups is 1. The summed E-state index contributed by atoms with van der Waals surface area (Å²) in [5.74, 6) is 1.84. The first-order valence-electron chi connectivity index (χ1n) is 11.6. The number of aryl methyl sites for hydroxylation is 1. The van der Waals surface area contributed by atoms with E-state index in [0.29, 0.717) is 12.6 Å². The minimum atomic E-state index is -0.0143. The van der Waals surface area contributed by atoms with Crippen molar-refractivity contribution < 1.29 is 9.90 Å². The van der Waals surface area contributed by atoms with Gasteiger partial charge in [0.25, 0.3) is 0 Å². The first-order valence-corrected chi connectivity index (χ1v) is 11.6. The average molecular weight is 427 g/mol. The zero-order valence-electron chi connectivity index (χ0n) is 18.5. The molecular weight excluding hydrogens is 392 g/mol. The Morgan fingerprint density at radius 3 is 2.97 bits per heavy atom. The van der Waals surface area contributed by atoms with Gasteiger partial charge < -0.3 is 20.2 Å². The number of nitrogens with one attached hydrogen (secondary N) is 1. The molecule has 0 saturated carbocycles. The summed E-state index contributed by atoms with van der Waals surface area (Å²) in [6.45, 7) is 8.32. The number of carbonyl (C=O) groups excluding carboxylic acids is 1. The van der Waals surface area contributed by atoms with Gasteiger partial charge in [-0.25, -0.2) is 4.98 Å². The van der Waals surface area contributed by atoms with Gasteiger partial charge in [0, 0.05) is 50.0 Å². The van der Waals surface area contributed by atoms with E-state index in [2.05, 4.69) is 34.9 Å². The van der Waals surface area contributed by atoms with Crippen molar-refractivity contribution in [3.8, 4) is 0 Å². The molecule has 0 aromatic carbocycles. The van der Waals surface area contributed by atoms with Gasteiger partial charge in [0.15, 0.2) is 5.65 Å². The standard InChI is InChI=1S/C23H34N6O2/c1-3-17-15-24-29-21(25-18-8-7-11-27(16-18)22(31)4-2)14-20(26-23(17)29)28-12-6-5-9-19(28)10-13-30/h4,14-15,18-19,25,30H,2-3,5-13,16H2,1H3/t18?,19-/m0/s1. The maximum Gasteiger partial charge on any atom is 0.246 e. The highest BCUT2D eigenvalue weighted by Gasteiger charge is 2.27. The molecule has 2 saturated heterocycles. The lowest BCUT2D eigenvalue weighted by Gasteiger charge is -2.37. The van der Waals surface area contributed by atoms with E-state index in [0.717, 1.165) is 74.5 Å². The van der Waals surface area contributed by atoms with Crippen molar-refractivity contribution in [2.45, 2.75) is 64.0 Å². The zero-order valence-corrected chi connectivity index (χ0v) is 18.5. The smallest absolute Gasteiger partial charge is 0.246 e. The predicted molar refractivity (Wildman–Crippen MR) is 122 cm³/mol. The minimum Gasteiger partial charge on any atom is -0.396 e. The van der Waals surface area contributed by atoms with Crippen LogP contribution in [0.5, 0.6) is 0 Å². The second-order valence-electron chi connectivity index (χ2n) is 8.59. The molecule has 2 aliphatic rings. The molecule has 2 fully saturated rings. The third-order valence-electron chi connectivity index (χ3n) is 6.56. The second-order valence-corrected chi connectivity index (χ2v) is 8.59. The number of amides is 1. The monoisotopic (exact) mass is 426 g/mol. The lowest BCUT2D eigenvalue weighted by molar-refractivity contribution is -0.127. The van der Waals surface area contributed by atoms with Gasteiger partial charge in [-0.1, -0.05) is 13.5 Å². The third-order valence-corrected chi connectivity index (χ3v) is 6.56. The van der Waals surface area contributed by atoms with Crippen LogP contribution < -0.4 is 10.2 Å². The Labute approximate surface area is 183 Å². The molecule has 1 amide bonds. The molecule has 4 heterocycles. The summed E-state index contributed by atoms with van der Waals surface area (Å²) in [7, 11) is 0. The number of likely N-dealkylation sites (tertiary alicyclic amines) is 1. The van der Waals surface area contributed by atoms with Crippen molar-refractivity contribution in [3.63, 3.8) is 0 Å². The highest BCUT2D eigenvalue weighted by molar-refractivity contribution is 5.87. The van der Waals surface area contributed by atoms with Gasteiger partial charge in [0.1, 0.15) is 11.6 Å². The van der Waals surface area contributed by atoms with Gasteiger partial charge in [-0.2, -0.15) is 9.61 Å². The SMILES string of the molecule is C=CC(=O)N1CCCC(Nc2cc(N3CCCC[C@H]3CCO)nc3c(CC)cnn23)C1. The minimum absolute atomic E-state index is 0.0143. The number of hydrogen-bond donors (Lipinski definition) is 2. The number of fused-ring (bicyclic) bond motifs is 1. The Kier molecular flexibility index (Phi) is 6.75. The van der Waals surface area contributed by atoms with E-state index < -0.39 is 0 Å². The summed E-state index contributed by atoms with van der Waals surface area (Å²) >= 11 is 0. The molecule has 2 aliphatic heterocycles. The Morgan fingerprint density at radius 1 is 1.32 bits per heavy atom. The number of piperidine rings is 2. The summed E-state index contributed by atoms with van der Waals surface area (Å²) in [4.78, 5) is 21.3. The molecule has 1 unspecified atom stereocenters. The molecule has 8 nitrogen and oxygen atoms in total. The van der Waals surface area contributed by atoms with E-state index in [1.165, 1.54) is 12.5 Å². The zero-order chi connectivity index (χ0) is 21.8. The summed E-state index contributed by atoms with van der Waals surface area (Å²) in [6.07, 6.45) is 10.3. The number of aliphatic hydroxyl groups excluding tert-OH is 1. The first-order chi connectivity index (χ1) is 15.1. The lowest BCUT2D eigenvalue weighted by Crippen LogP contribution is -2.45. The summed E-state index contributed by atoms with van der Waals surface area (Å²) in [5, 5.41) is 17.8. The number of aliphatic hydroxyl groups is 1. The molecule has 168 valence electrons. The molecule has 0 spiro atoms. The van der Waals surface area contributed by atoms with Gasteiger partial charge in [-0.3, -0.25) is 4.79 Å². The Balaban J connectivity index is 1.66. The molecule has 2 aromatic rings. The van der Waals surface area contributed by atoms with E-state index in [4.69, 9.17) is 4.98 Å². The summed E-state index contributed by atoms with van der Waals surface area (Å²) in [5.41, 5.74) is 2.00. The number of nitrogens with zero attached hydrogens (tertiary/aromatic N) is 5. The van der Waals surface area contributed by atoms with E-state index in [1.807, 2.05) is 15.6 Å². The van der Waals surface area contributed by atoms with Crippen LogP contribution in [-0.2, 0) is 11.2 Å². The molecule has 2 N–H and O–H groups in total.